The number of rotatable bonds is 1. The molecule has 1 aromatic heterocycles. The predicted molar refractivity (Wildman–Crippen MR) is 58.8 cm³/mol. The second-order valence-corrected chi connectivity index (χ2v) is 2.99. The van der Waals surface area contributed by atoms with Crippen LogP contribution in [0.1, 0.15) is 4.79 Å². The number of fused-ring (bicyclic) bond motifs is 1. The third kappa shape index (κ3) is 2.00. The molecule has 15 heavy (non-hydrogen) atoms. The number of hydrogen-bond acceptors (Lipinski definition) is 2. The average Bonchev–Trinajstić information content (AvgIpc) is 2.59. The fourth-order valence-corrected chi connectivity index (χ4v) is 1.43. The van der Waals surface area contributed by atoms with E-state index in [1.54, 1.807) is 18.3 Å². The van der Waals surface area contributed by atoms with Gasteiger partial charge in [0, 0.05) is 11.6 Å². The van der Waals surface area contributed by atoms with Crippen molar-refractivity contribution in [1.29, 1.82) is 0 Å². The number of benzene rings is 1. The van der Waals surface area contributed by atoms with E-state index in [-0.39, 0.29) is 30.7 Å². The summed E-state index contributed by atoms with van der Waals surface area (Å²) in [6, 6.07) is 5.96. The highest BCUT2D eigenvalue weighted by atomic mass is 35.5. The van der Waals surface area contributed by atoms with Crippen LogP contribution in [0.15, 0.2) is 30.5 Å². The predicted octanol–water partition coefficient (Wildman–Crippen LogP) is 1.80. The zero-order valence-corrected chi connectivity index (χ0v) is 8.63. The van der Waals surface area contributed by atoms with Crippen molar-refractivity contribution in [2.24, 2.45) is 5.73 Å². The molecule has 2 N–H and O–H groups in total. The SMILES string of the molecule is Cl.NCC(=O)n1ccc2cc(F)ccc21. The summed E-state index contributed by atoms with van der Waals surface area (Å²) in [5.74, 6) is -0.512. The van der Waals surface area contributed by atoms with Crippen LogP contribution in [0, 0.1) is 5.82 Å². The minimum atomic E-state index is -0.310. The molecule has 5 heteroatoms. The highest BCUT2D eigenvalue weighted by molar-refractivity contribution is 5.93. The fourth-order valence-electron chi connectivity index (χ4n) is 1.43. The molecule has 0 fully saturated rings. The molecule has 0 aliphatic heterocycles. The lowest BCUT2D eigenvalue weighted by atomic mass is 10.2. The number of nitrogens with zero attached hydrogens (tertiary/aromatic N) is 1. The van der Waals surface area contributed by atoms with Gasteiger partial charge >= 0.3 is 0 Å². The van der Waals surface area contributed by atoms with E-state index in [1.807, 2.05) is 0 Å². The summed E-state index contributed by atoms with van der Waals surface area (Å²) in [5.41, 5.74) is 5.92. The molecule has 3 nitrogen and oxygen atoms in total. The summed E-state index contributed by atoms with van der Waals surface area (Å²) in [6.07, 6.45) is 1.60. The van der Waals surface area contributed by atoms with E-state index in [2.05, 4.69) is 0 Å². The maximum absolute atomic E-state index is 12.8. The Hall–Kier alpha value is -1.39. The molecule has 0 aliphatic rings. The monoisotopic (exact) mass is 228 g/mol. The normalized spacial score (nSPS) is 10.0. The summed E-state index contributed by atoms with van der Waals surface area (Å²) >= 11 is 0. The highest BCUT2D eigenvalue weighted by Gasteiger charge is 2.06. The minimum Gasteiger partial charge on any atom is -0.322 e. The number of halogens is 2. The fraction of sp³-hybridized carbons (Fsp3) is 0.100. The first kappa shape index (κ1) is 11.7. The Balaban J connectivity index is 0.00000112. The largest absolute Gasteiger partial charge is 0.322 e. The van der Waals surface area contributed by atoms with Crippen molar-refractivity contribution >= 4 is 29.2 Å². The van der Waals surface area contributed by atoms with Gasteiger partial charge in [0.1, 0.15) is 5.82 Å². The third-order valence-corrected chi connectivity index (χ3v) is 2.10. The molecule has 2 aromatic rings. The number of nitrogens with two attached hydrogens (primary N) is 1. The Morgan fingerprint density at radius 2 is 2.13 bits per heavy atom. The first-order valence-electron chi connectivity index (χ1n) is 4.22. The van der Waals surface area contributed by atoms with Gasteiger partial charge in [-0.15, -0.1) is 12.4 Å². The molecule has 0 atom stereocenters. The molecule has 1 aromatic carbocycles. The maximum Gasteiger partial charge on any atom is 0.244 e. The van der Waals surface area contributed by atoms with E-state index in [4.69, 9.17) is 5.73 Å². The summed E-state index contributed by atoms with van der Waals surface area (Å²) in [6.45, 7) is -0.0544. The van der Waals surface area contributed by atoms with Gasteiger partial charge in [0.25, 0.3) is 0 Å². The average molecular weight is 229 g/mol. The zero-order chi connectivity index (χ0) is 10.1. The lowest BCUT2D eigenvalue weighted by molar-refractivity contribution is 0.0929. The lowest BCUT2D eigenvalue weighted by Gasteiger charge is -2.00. The van der Waals surface area contributed by atoms with Gasteiger partial charge in [-0.1, -0.05) is 0 Å². The van der Waals surface area contributed by atoms with E-state index in [1.165, 1.54) is 16.7 Å². The number of hydrogen-bond donors (Lipinski definition) is 1. The highest BCUT2D eigenvalue weighted by Crippen LogP contribution is 2.16. The molecule has 1 heterocycles. The van der Waals surface area contributed by atoms with E-state index < -0.39 is 0 Å². The number of carbonyl (C=O) groups excluding carboxylic acids is 1. The van der Waals surface area contributed by atoms with Crippen LogP contribution in [0.5, 0.6) is 0 Å². The molecule has 0 unspecified atom stereocenters. The number of carbonyl (C=O) groups is 1. The summed E-state index contributed by atoms with van der Waals surface area (Å²) < 4.78 is 14.2. The standard InChI is InChI=1S/C10H9FN2O.ClH/c11-8-1-2-9-7(5-8)3-4-13(9)10(14)6-12;/h1-5H,6,12H2;1H. The van der Waals surface area contributed by atoms with Gasteiger partial charge in [-0.05, 0) is 24.3 Å². The molecule has 0 aliphatic carbocycles. The summed E-state index contributed by atoms with van der Waals surface area (Å²) in [5, 5.41) is 0.701. The molecule has 0 saturated carbocycles. The van der Waals surface area contributed by atoms with Gasteiger partial charge in [-0.25, -0.2) is 4.39 Å². The summed E-state index contributed by atoms with van der Waals surface area (Å²) in [7, 11) is 0. The second-order valence-electron chi connectivity index (χ2n) is 2.99. The van der Waals surface area contributed by atoms with Gasteiger partial charge in [0.2, 0.25) is 5.91 Å². The molecular weight excluding hydrogens is 219 g/mol. The van der Waals surface area contributed by atoms with Crippen LogP contribution in [0.2, 0.25) is 0 Å². The molecule has 0 spiro atoms. The van der Waals surface area contributed by atoms with Gasteiger partial charge in [-0.2, -0.15) is 0 Å². The van der Waals surface area contributed by atoms with Gasteiger partial charge in [0.05, 0.1) is 12.1 Å². The molecule has 0 radical (unpaired) electrons. The van der Waals surface area contributed by atoms with E-state index in [0.717, 1.165) is 0 Å². The van der Waals surface area contributed by atoms with Crippen LogP contribution >= 0.6 is 12.4 Å². The Morgan fingerprint density at radius 3 is 2.80 bits per heavy atom. The van der Waals surface area contributed by atoms with E-state index in [9.17, 15) is 9.18 Å². The van der Waals surface area contributed by atoms with Crippen molar-refractivity contribution in [2.45, 2.75) is 0 Å². The minimum absolute atomic E-state index is 0. The lowest BCUT2D eigenvalue weighted by Crippen LogP contribution is -2.19. The Bertz CT molecular complexity index is 495. The van der Waals surface area contributed by atoms with Crippen LogP contribution < -0.4 is 5.73 Å². The second kappa shape index (κ2) is 4.42. The van der Waals surface area contributed by atoms with Crippen molar-refractivity contribution in [3.05, 3.63) is 36.3 Å². The van der Waals surface area contributed by atoms with Gasteiger partial charge in [-0.3, -0.25) is 9.36 Å². The smallest absolute Gasteiger partial charge is 0.244 e. The van der Waals surface area contributed by atoms with Crippen molar-refractivity contribution in [3.8, 4) is 0 Å². The summed E-state index contributed by atoms with van der Waals surface area (Å²) in [4.78, 5) is 11.3. The van der Waals surface area contributed by atoms with Crippen molar-refractivity contribution < 1.29 is 9.18 Å². The van der Waals surface area contributed by atoms with Crippen molar-refractivity contribution in [1.82, 2.24) is 4.57 Å². The molecule has 0 bridgehead atoms. The first-order chi connectivity index (χ1) is 6.72. The van der Waals surface area contributed by atoms with Crippen LogP contribution in [0.4, 0.5) is 4.39 Å². The van der Waals surface area contributed by atoms with Crippen molar-refractivity contribution in [3.63, 3.8) is 0 Å². The molecular formula is C10H10ClFN2O. The Labute approximate surface area is 92.1 Å². The van der Waals surface area contributed by atoms with Crippen molar-refractivity contribution in [2.75, 3.05) is 6.54 Å². The van der Waals surface area contributed by atoms with Gasteiger partial charge < -0.3 is 5.73 Å². The van der Waals surface area contributed by atoms with E-state index >= 15 is 0 Å². The molecule has 2 rings (SSSR count). The Kier molecular flexibility index (Phi) is 3.44. The first-order valence-corrected chi connectivity index (χ1v) is 4.22. The molecule has 0 saturated heterocycles. The van der Waals surface area contributed by atoms with Gasteiger partial charge in [0.15, 0.2) is 0 Å². The molecule has 0 amide bonds. The van der Waals surface area contributed by atoms with Crippen LogP contribution in [0.25, 0.3) is 10.9 Å². The zero-order valence-electron chi connectivity index (χ0n) is 7.81. The van der Waals surface area contributed by atoms with Crippen LogP contribution in [-0.4, -0.2) is 17.0 Å². The van der Waals surface area contributed by atoms with E-state index in [0.29, 0.717) is 10.9 Å². The van der Waals surface area contributed by atoms with Crippen LogP contribution in [0.3, 0.4) is 0 Å². The third-order valence-electron chi connectivity index (χ3n) is 2.10. The topological polar surface area (TPSA) is 48.0 Å². The Morgan fingerprint density at radius 1 is 1.40 bits per heavy atom. The molecule has 80 valence electrons. The quantitative estimate of drug-likeness (QED) is 0.809. The van der Waals surface area contributed by atoms with Crippen LogP contribution in [-0.2, 0) is 0 Å². The number of aromatic nitrogens is 1. The maximum atomic E-state index is 12.8.